The zero-order valence-corrected chi connectivity index (χ0v) is 11.2. The Morgan fingerprint density at radius 1 is 1.00 bits per heavy atom. The third kappa shape index (κ3) is 2.95. The van der Waals surface area contributed by atoms with Crippen LogP contribution in [0.1, 0.15) is 5.56 Å². The van der Waals surface area contributed by atoms with E-state index in [1.165, 1.54) is 0 Å². The van der Waals surface area contributed by atoms with Crippen LogP contribution in [0.2, 0.25) is 5.02 Å². The van der Waals surface area contributed by atoms with Crippen LogP contribution in [0.4, 0.5) is 0 Å². The number of nitrogens with zero attached hydrogens (tertiary/aromatic N) is 4. The molecule has 0 aliphatic carbocycles. The molecule has 5 nitrogen and oxygen atoms in total. The van der Waals surface area contributed by atoms with Crippen LogP contribution in [0.5, 0.6) is 5.75 Å². The average Bonchev–Trinajstić information content (AvgIpc) is 3.01. The van der Waals surface area contributed by atoms with Crippen molar-refractivity contribution >= 4 is 11.6 Å². The summed E-state index contributed by atoms with van der Waals surface area (Å²) in [4.78, 5) is 0. The van der Waals surface area contributed by atoms with E-state index in [1.807, 2.05) is 48.5 Å². The summed E-state index contributed by atoms with van der Waals surface area (Å²) in [5.74, 6) is 0.789. The molecule has 0 aliphatic rings. The van der Waals surface area contributed by atoms with Gasteiger partial charge in [-0.15, -0.1) is 5.10 Å². The van der Waals surface area contributed by atoms with E-state index < -0.39 is 0 Å². The monoisotopic (exact) mass is 286 g/mol. The molecule has 20 heavy (non-hydrogen) atoms. The molecule has 2 aromatic carbocycles. The highest BCUT2D eigenvalue weighted by Gasteiger charge is 2.00. The molecule has 0 spiro atoms. The Hall–Kier alpha value is -2.40. The Labute approximate surface area is 120 Å². The average molecular weight is 287 g/mol. The summed E-state index contributed by atoms with van der Waals surface area (Å²) < 4.78 is 7.29. The van der Waals surface area contributed by atoms with Crippen molar-refractivity contribution in [1.29, 1.82) is 0 Å². The van der Waals surface area contributed by atoms with E-state index in [1.54, 1.807) is 11.0 Å². The minimum atomic E-state index is 0.501. The van der Waals surface area contributed by atoms with E-state index in [-0.39, 0.29) is 0 Å². The van der Waals surface area contributed by atoms with E-state index in [9.17, 15) is 0 Å². The maximum Gasteiger partial charge on any atom is 0.143 e. The molecule has 1 heterocycles. The number of rotatable bonds is 4. The van der Waals surface area contributed by atoms with Gasteiger partial charge in [0.1, 0.15) is 18.7 Å². The minimum Gasteiger partial charge on any atom is -0.489 e. The lowest BCUT2D eigenvalue weighted by Gasteiger charge is -2.07. The molecule has 0 fully saturated rings. The van der Waals surface area contributed by atoms with Gasteiger partial charge in [0, 0.05) is 5.02 Å². The molecule has 0 N–H and O–H groups in total. The summed E-state index contributed by atoms with van der Waals surface area (Å²) >= 11 is 5.84. The third-order valence-electron chi connectivity index (χ3n) is 2.77. The zero-order chi connectivity index (χ0) is 13.8. The van der Waals surface area contributed by atoms with Crippen molar-refractivity contribution in [2.45, 2.75) is 6.61 Å². The molecule has 3 rings (SSSR count). The second-order valence-corrected chi connectivity index (χ2v) is 4.60. The summed E-state index contributed by atoms with van der Waals surface area (Å²) in [6.07, 6.45) is 1.55. The van der Waals surface area contributed by atoms with Gasteiger partial charge in [0.05, 0.1) is 5.69 Å². The van der Waals surface area contributed by atoms with Crippen LogP contribution >= 0.6 is 11.6 Å². The lowest BCUT2D eigenvalue weighted by atomic mass is 10.2. The Bertz CT molecular complexity index is 665. The Morgan fingerprint density at radius 3 is 2.40 bits per heavy atom. The number of halogens is 1. The van der Waals surface area contributed by atoms with Gasteiger partial charge in [-0.25, -0.2) is 4.68 Å². The summed E-state index contributed by atoms with van der Waals surface area (Å²) in [5.41, 5.74) is 1.95. The predicted octanol–water partition coefficient (Wildman–Crippen LogP) is 2.89. The van der Waals surface area contributed by atoms with Crippen molar-refractivity contribution in [3.63, 3.8) is 0 Å². The van der Waals surface area contributed by atoms with Crippen LogP contribution < -0.4 is 4.74 Å². The quantitative estimate of drug-likeness (QED) is 0.740. The van der Waals surface area contributed by atoms with Crippen molar-refractivity contribution in [3.05, 3.63) is 65.4 Å². The molecule has 6 heteroatoms. The first-order valence-electron chi connectivity index (χ1n) is 6.02. The first kappa shape index (κ1) is 12.6. The molecule has 3 aromatic rings. The van der Waals surface area contributed by atoms with Crippen LogP contribution in [0.25, 0.3) is 5.69 Å². The standard InChI is InChI=1S/C14H11ClN4O/c15-12-3-1-11(2-4-12)9-20-14-7-5-13(6-8-14)19-10-16-17-18-19/h1-8,10H,9H2. The number of benzene rings is 2. The van der Waals surface area contributed by atoms with Gasteiger partial charge < -0.3 is 4.74 Å². The molecular formula is C14H11ClN4O. The second kappa shape index (κ2) is 5.71. The number of ether oxygens (including phenoxy) is 1. The van der Waals surface area contributed by atoms with Gasteiger partial charge in [0.15, 0.2) is 0 Å². The lowest BCUT2D eigenvalue weighted by molar-refractivity contribution is 0.306. The van der Waals surface area contributed by atoms with Crippen molar-refractivity contribution in [3.8, 4) is 11.4 Å². The smallest absolute Gasteiger partial charge is 0.143 e. The molecule has 0 amide bonds. The highest BCUT2D eigenvalue weighted by atomic mass is 35.5. The van der Waals surface area contributed by atoms with Gasteiger partial charge in [0.2, 0.25) is 0 Å². The highest BCUT2D eigenvalue weighted by molar-refractivity contribution is 6.30. The maximum atomic E-state index is 5.84. The van der Waals surface area contributed by atoms with Crippen molar-refractivity contribution in [1.82, 2.24) is 20.2 Å². The van der Waals surface area contributed by atoms with Gasteiger partial charge in [0.25, 0.3) is 0 Å². The van der Waals surface area contributed by atoms with E-state index in [4.69, 9.17) is 16.3 Å². The van der Waals surface area contributed by atoms with Gasteiger partial charge in [-0.05, 0) is 52.4 Å². The summed E-state index contributed by atoms with van der Waals surface area (Å²) in [6, 6.07) is 15.1. The zero-order valence-electron chi connectivity index (χ0n) is 10.5. The van der Waals surface area contributed by atoms with Crippen LogP contribution in [0, 0.1) is 0 Å². The van der Waals surface area contributed by atoms with Gasteiger partial charge in [-0.3, -0.25) is 0 Å². The van der Waals surface area contributed by atoms with Gasteiger partial charge in [-0.1, -0.05) is 23.7 Å². The Kier molecular flexibility index (Phi) is 3.60. The van der Waals surface area contributed by atoms with Crippen molar-refractivity contribution in [2.24, 2.45) is 0 Å². The number of hydrogen-bond donors (Lipinski definition) is 0. The van der Waals surface area contributed by atoms with Crippen LogP contribution in [0.15, 0.2) is 54.9 Å². The Morgan fingerprint density at radius 2 is 1.75 bits per heavy atom. The fourth-order valence-electron chi connectivity index (χ4n) is 1.72. The molecular weight excluding hydrogens is 276 g/mol. The highest BCUT2D eigenvalue weighted by Crippen LogP contribution is 2.16. The molecule has 0 saturated carbocycles. The minimum absolute atomic E-state index is 0.501. The molecule has 0 unspecified atom stereocenters. The topological polar surface area (TPSA) is 52.8 Å². The van der Waals surface area contributed by atoms with Crippen molar-refractivity contribution in [2.75, 3.05) is 0 Å². The SMILES string of the molecule is Clc1ccc(COc2ccc(-n3cnnn3)cc2)cc1. The lowest BCUT2D eigenvalue weighted by Crippen LogP contribution is -1.97. The molecule has 0 bridgehead atoms. The summed E-state index contributed by atoms with van der Waals surface area (Å²) in [6.45, 7) is 0.501. The normalized spacial score (nSPS) is 10.4. The van der Waals surface area contributed by atoms with Crippen LogP contribution in [0.3, 0.4) is 0 Å². The molecule has 0 aliphatic heterocycles. The fraction of sp³-hybridized carbons (Fsp3) is 0.0714. The molecule has 0 radical (unpaired) electrons. The Balaban J connectivity index is 1.65. The van der Waals surface area contributed by atoms with Gasteiger partial charge in [-0.2, -0.15) is 0 Å². The largest absolute Gasteiger partial charge is 0.489 e. The summed E-state index contributed by atoms with van der Waals surface area (Å²) in [7, 11) is 0. The maximum absolute atomic E-state index is 5.84. The third-order valence-corrected chi connectivity index (χ3v) is 3.02. The molecule has 100 valence electrons. The van der Waals surface area contributed by atoms with E-state index >= 15 is 0 Å². The molecule has 1 aromatic heterocycles. The first-order valence-corrected chi connectivity index (χ1v) is 6.40. The van der Waals surface area contributed by atoms with E-state index in [0.29, 0.717) is 6.61 Å². The van der Waals surface area contributed by atoms with Crippen LogP contribution in [-0.4, -0.2) is 20.2 Å². The van der Waals surface area contributed by atoms with Crippen LogP contribution in [-0.2, 0) is 6.61 Å². The molecule has 0 saturated heterocycles. The summed E-state index contributed by atoms with van der Waals surface area (Å²) in [5, 5.41) is 11.7. The van der Waals surface area contributed by atoms with Crippen molar-refractivity contribution < 1.29 is 4.74 Å². The fourth-order valence-corrected chi connectivity index (χ4v) is 1.85. The first-order chi connectivity index (χ1) is 9.81. The predicted molar refractivity (Wildman–Crippen MR) is 74.9 cm³/mol. The van der Waals surface area contributed by atoms with E-state index in [2.05, 4.69) is 15.5 Å². The number of tetrazole rings is 1. The number of hydrogen-bond acceptors (Lipinski definition) is 4. The number of aromatic nitrogens is 4. The second-order valence-electron chi connectivity index (χ2n) is 4.16. The van der Waals surface area contributed by atoms with Gasteiger partial charge >= 0.3 is 0 Å². The molecule has 0 atom stereocenters. The van der Waals surface area contributed by atoms with E-state index in [0.717, 1.165) is 22.0 Å².